The van der Waals surface area contributed by atoms with Gasteiger partial charge in [-0.15, -0.1) is 0 Å². The molecule has 0 spiro atoms. The Morgan fingerprint density at radius 3 is 3.05 bits per heavy atom. The third kappa shape index (κ3) is 4.08. The molecule has 2 rings (SSSR count). The quantitative estimate of drug-likeness (QED) is 0.816. The molecule has 1 aromatic heterocycles. The van der Waals surface area contributed by atoms with Crippen LogP contribution in [0, 0.1) is 0 Å². The topological polar surface area (TPSA) is 28.4 Å². The van der Waals surface area contributed by atoms with E-state index in [0.717, 1.165) is 31.4 Å². The molecule has 1 saturated heterocycles. The van der Waals surface area contributed by atoms with Gasteiger partial charge in [-0.05, 0) is 38.4 Å². The van der Waals surface area contributed by atoms with Gasteiger partial charge in [-0.25, -0.2) is 0 Å². The Hall–Kier alpha value is -0.800. The average Bonchev–Trinajstić information content (AvgIpc) is 2.86. The Labute approximate surface area is 117 Å². The monoisotopic (exact) mass is 264 g/mol. The smallest absolute Gasteiger partial charge is 0.122 e. The molecule has 3 heteroatoms. The molecular weight excluding hydrogens is 236 g/mol. The third-order valence-electron chi connectivity index (χ3n) is 4.12. The van der Waals surface area contributed by atoms with E-state index in [4.69, 9.17) is 4.42 Å². The predicted molar refractivity (Wildman–Crippen MR) is 79.0 cm³/mol. The molecule has 1 atom stereocenters. The minimum Gasteiger partial charge on any atom is -0.468 e. The largest absolute Gasteiger partial charge is 0.468 e. The number of hydrogen-bond acceptors (Lipinski definition) is 3. The van der Waals surface area contributed by atoms with E-state index < -0.39 is 0 Å². The molecule has 1 aliphatic rings. The lowest BCUT2D eigenvalue weighted by molar-refractivity contribution is 0.121. The molecule has 1 fully saturated rings. The first kappa shape index (κ1) is 14.6. The number of hydrogen-bond donors (Lipinski definition) is 1. The van der Waals surface area contributed by atoms with Crippen molar-refractivity contribution < 1.29 is 4.42 Å². The van der Waals surface area contributed by atoms with Crippen molar-refractivity contribution in [3.05, 3.63) is 23.7 Å². The Morgan fingerprint density at radius 1 is 1.37 bits per heavy atom. The first-order valence-corrected chi connectivity index (χ1v) is 7.85. The number of furan rings is 1. The second-order valence-corrected chi connectivity index (χ2v) is 5.56. The van der Waals surface area contributed by atoms with Crippen molar-refractivity contribution in [3.8, 4) is 0 Å². The first-order chi connectivity index (χ1) is 9.35. The highest BCUT2D eigenvalue weighted by atomic mass is 16.3. The molecule has 2 heterocycles. The predicted octanol–water partition coefficient (Wildman–Crippen LogP) is 3.54. The highest BCUT2D eigenvalue weighted by Crippen LogP contribution is 2.24. The van der Waals surface area contributed by atoms with Crippen LogP contribution in [0.25, 0.3) is 0 Å². The van der Waals surface area contributed by atoms with Crippen LogP contribution in [-0.2, 0) is 13.1 Å². The molecule has 0 aliphatic carbocycles. The van der Waals surface area contributed by atoms with E-state index in [1.165, 1.54) is 44.2 Å². The van der Waals surface area contributed by atoms with Crippen LogP contribution in [0.3, 0.4) is 0 Å². The van der Waals surface area contributed by atoms with E-state index in [2.05, 4.69) is 30.1 Å². The summed E-state index contributed by atoms with van der Waals surface area (Å²) in [5.41, 5.74) is 1.32. The Balaban J connectivity index is 1.96. The number of likely N-dealkylation sites (tertiary alicyclic amines) is 1. The lowest BCUT2D eigenvalue weighted by atomic mass is 9.98. The summed E-state index contributed by atoms with van der Waals surface area (Å²) in [5, 5.41) is 3.39. The highest BCUT2D eigenvalue weighted by molar-refractivity contribution is 5.17. The molecule has 3 nitrogen and oxygen atoms in total. The summed E-state index contributed by atoms with van der Waals surface area (Å²) in [4.78, 5) is 2.63. The minimum absolute atomic E-state index is 0.760. The summed E-state index contributed by atoms with van der Waals surface area (Å²) < 4.78 is 5.71. The first-order valence-electron chi connectivity index (χ1n) is 7.85. The summed E-state index contributed by atoms with van der Waals surface area (Å²) in [6.07, 6.45) is 8.53. The van der Waals surface area contributed by atoms with Crippen LogP contribution in [0.2, 0.25) is 0 Å². The molecule has 0 bridgehead atoms. The molecule has 0 amide bonds. The maximum atomic E-state index is 5.71. The van der Waals surface area contributed by atoms with Crippen molar-refractivity contribution in [1.29, 1.82) is 0 Å². The van der Waals surface area contributed by atoms with Crippen molar-refractivity contribution in [2.75, 3.05) is 13.1 Å². The van der Waals surface area contributed by atoms with E-state index >= 15 is 0 Å². The van der Waals surface area contributed by atoms with Crippen molar-refractivity contribution >= 4 is 0 Å². The van der Waals surface area contributed by atoms with Gasteiger partial charge in [0, 0.05) is 18.2 Å². The summed E-state index contributed by atoms with van der Waals surface area (Å²) in [5.74, 6) is 1.16. The van der Waals surface area contributed by atoms with Gasteiger partial charge in [0.25, 0.3) is 0 Å². The van der Waals surface area contributed by atoms with Gasteiger partial charge >= 0.3 is 0 Å². The fourth-order valence-electron chi connectivity index (χ4n) is 3.04. The zero-order chi connectivity index (χ0) is 13.5. The van der Waals surface area contributed by atoms with Crippen LogP contribution >= 0.6 is 0 Å². The number of nitrogens with one attached hydrogen (secondary N) is 1. The SMILES string of the molecule is CCCC1CCCCN1Cc1occc1CNCC. The molecule has 1 N–H and O–H groups in total. The number of nitrogens with zero attached hydrogens (tertiary/aromatic N) is 1. The zero-order valence-corrected chi connectivity index (χ0v) is 12.5. The fraction of sp³-hybridized carbons (Fsp3) is 0.750. The molecule has 1 aliphatic heterocycles. The molecule has 108 valence electrons. The normalized spacial score (nSPS) is 20.8. The van der Waals surface area contributed by atoms with Gasteiger partial charge in [0.1, 0.15) is 5.76 Å². The van der Waals surface area contributed by atoms with E-state index in [1.54, 1.807) is 0 Å². The van der Waals surface area contributed by atoms with Crippen LogP contribution in [-0.4, -0.2) is 24.0 Å². The van der Waals surface area contributed by atoms with Gasteiger partial charge in [0.05, 0.1) is 12.8 Å². The van der Waals surface area contributed by atoms with Gasteiger partial charge in [-0.1, -0.05) is 26.7 Å². The second-order valence-electron chi connectivity index (χ2n) is 5.56. The summed E-state index contributed by atoms with van der Waals surface area (Å²) >= 11 is 0. The summed E-state index contributed by atoms with van der Waals surface area (Å²) in [6.45, 7) is 8.57. The molecule has 19 heavy (non-hydrogen) atoms. The van der Waals surface area contributed by atoms with Gasteiger partial charge in [-0.2, -0.15) is 0 Å². The average molecular weight is 264 g/mol. The molecular formula is C16H28N2O. The Morgan fingerprint density at radius 2 is 2.26 bits per heavy atom. The third-order valence-corrected chi connectivity index (χ3v) is 4.12. The van der Waals surface area contributed by atoms with E-state index in [1.807, 2.05) is 6.26 Å². The van der Waals surface area contributed by atoms with Gasteiger partial charge in [0.2, 0.25) is 0 Å². The number of piperidine rings is 1. The lowest BCUT2D eigenvalue weighted by Gasteiger charge is -2.35. The fourth-order valence-corrected chi connectivity index (χ4v) is 3.04. The van der Waals surface area contributed by atoms with Crippen LogP contribution in [0.5, 0.6) is 0 Å². The minimum atomic E-state index is 0.760. The molecule has 1 aromatic rings. The van der Waals surface area contributed by atoms with Crippen LogP contribution in [0.1, 0.15) is 57.3 Å². The van der Waals surface area contributed by atoms with Crippen molar-refractivity contribution in [2.45, 2.75) is 65.1 Å². The van der Waals surface area contributed by atoms with E-state index in [9.17, 15) is 0 Å². The van der Waals surface area contributed by atoms with Gasteiger partial charge in [0.15, 0.2) is 0 Å². The standard InChI is InChI=1S/C16H28N2O/c1-3-7-15-8-5-6-10-18(15)13-16-14(9-11-19-16)12-17-4-2/h9,11,15,17H,3-8,10,12-13H2,1-2H3. The molecule has 0 aromatic carbocycles. The summed E-state index contributed by atoms with van der Waals surface area (Å²) in [6, 6.07) is 2.87. The Kier molecular flexibility index (Phi) is 5.93. The van der Waals surface area contributed by atoms with Gasteiger partial charge in [-0.3, -0.25) is 4.90 Å². The molecule has 0 saturated carbocycles. The molecule has 0 radical (unpaired) electrons. The van der Waals surface area contributed by atoms with Crippen molar-refractivity contribution in [3.63, 3.8) is 0 Å². The maximum absolute atomic E-state index is 5.71. The number of rotatable bonds is 7. The molecule has 1 unspecified atom stereocenters. The lowest BCUT2D eigenvalue weighted by Crippen LogP contribution is -2.38. The van der Waals surface area contributed by atoms with Gasteiger partial charge < -0.3 is 9.73 Å². The van der Waals surface area contributed by atoms with E-state index in [-0.39, 0.29) is 0 Å². The van der Waals surface area contributed by atoms with Crippen LogP contribution in [0.15, 0.2) is 16.7 Å². The second kappa shape index (κ2) is 7.71. The summed E-state index contributed by atoms with van der Waals surface area (Å²) in [7, 11) is 0. The van der Waals surface area contributed by atoms with Crippen LogP contribution < -0.4 is 5.32 Å². The Bertz CT molecular complexity index is 359. The highest BCUT2D eigenvalue weighted by Gasteiger charge is 2.23. The van der Waals surface area contributed by atoms with Crippen molar-refractivity contribution in [2.24, 2.45) is 0 Å². The maximum Gasteiger partial charge on any atom is 0.122 e. The van der Waals surface area contributed by atoms with E-state index in [0.29, 0.717) is 0 Å². The zero-order valence-electron chi connectivity index (χ0n) is 12.5. The van der Waals surface area contributed by atoms with Crippen LogP contribution in [0.4, 0.5) is 0 Å². The van der Waals surface area contributed by atoms with Crippen molar-refractivity contribution in [1.82, 2.24) is 10.2 Å².